The van der Waals surface area contributed by atoms with E-state index in [1.807, 2.05) is 0 Å². The number of hydrogen-bond donors (Lipinski definition) is 0. The molecule has 0 saturated heterocycles. The quantitative estimate of drug-likeness (QED) is 0.206. The van der Waals surface area contributed by atoms with Gasteiger partial charge in [0.05, 0.1) is 0 Å². The van der Waals surface area contributed by atoms with Gasteiger partial charge in [-0.1, -0.05) is 104 Å². The molecule has 0 nitrogen and oxygen atoms in total. The van der Waals surface area contributed by atoms with Gasteiger partial charge in [0.2, 0.25) is 0 Å². The maximum Gasteiger partial charge on any atom is -0.000719 e. The molecule has 0 atom stereocenters. The van der Waals surface area contributed by atoms with Crippen LogP contribution in [-0.2, 0) is 6.42 Å². The molecule has 0 aliphatic heterocycles. The zero-order valence-electron chi connectivity index (χ0n) is 24.5. The summed E-state index contributed by atoms with van der Waals surface area (Å²) in [5, 5.41) is 9.08. The van der Waals surface area contributed by atoms with Gasteiger partial charge in [-0.3, -0.25) is 0 Å². The molecule has 0 amide bonds. The highest BCUT2D eigenvalue weighted by Crippen LogP contribution is 2.58. The summed E-state index contributed by atoms with van der Waals surface area (Å²) < 4.78 is 0. The van der Waals surface area contributed by atoms with E-state index in [1.54, 1.807) is 0 Å². The van der Waals surface area contributed by atoms with Crippen LogP contribution in [0.4, 0.5) is 0 Å². The Labute approximate surface area is 252 Å². The third-order valence-electron chi connectivity index (χ3n) is 9.81. The van der Waals surface area contributed by atoms with Crippen LogP contribution in [0.25, 0.3) is 90.0 Å². The minimum absolute atomic E-state index is 1.08. The van der Waals surface area contributed by atoms with E-state index in [4.69, 9.17) is 0 Å². The van der Waals surface area contributed by atoms with Crippen molar-refractivity contribution in [2.75, 3.05) is 0 Å². The maximum absolute atomic E-state index is 4.51. The first-order valence-electron chi connectivity index (χ1n) is 15.6. The Bertz CT molecular complexity index is 2340. The van der Waals surface area contributed by atoms with Crippen molar-refractivity contribution < 1.29 is 0 Å². The lowest BCUT2D eigenvalue weighted by Crippen LogP contribution is -2.02. The molecule has 6 aromatic rings. The summed E-state index contributed by atoms with van der Waals surface area (Å²) in [4.78, 5) is 0. The van der Waals surface area contributed by atoms with Gasteiger partial charge in [-0.25, -0.2) is 0 Å². The van der Waals surface area contributed by atoms with E-state index in [9.17, 15) is 0 Å². The standard InChI is InChI=1S/C43H32/c1-3-12-32-25-36-41-33(22-21-29-20-19-26(2)37(32)40(29)41)42-38(27-13-6-4-7-14-27)34-23-30-17-10-11-18-31(30)24-35(34)39(43(36)42)28-15-8-5-9-16-28/h3,5-6,8-9,11-16,18-25H,2,4,7,10,17H2,1H3. The first-order chi connectivity index (χ1) is 21.2. The van der Waals surface area contributed by atoms with Gasteiger partial charge in [0.25, 0.3) is 0 Å². The number of hydrogen-bond acceptors (Lipinski definition) is 0. The zero-order chi connectivity index (χ0) is 28.7. The molecular weight excluding hydrogens is 516 g/mol. The average Bonchev–Trinajstić information content (AvgIpc) is 3.37. The van der Waals surface area contributed by atoms with Crippen molar-refractivity contribution in [2.24, 2.45) is 0 Å². The number of benzene rings is 6. The van der Waals surface area contributed by atoms with Crippen LogP contribution in [0, 0.1) is 0 Å². The van der Waals surface area contributed by atoms with Crippen LogP contribution in [-0.4, -0.2) is 0 Å². The second kappa shape index (κ2) is 9.28. The van der Waals surface area contributed by atoms with Crippen LogP contribution in [0.3, 0.4) is 0 Å². The summed E-state index contributed by atoms with van der Waals surface area (Å²) in [6, 6.07) is 27.7. The SMILES string of the molecule is C=c1ccc2ccc3c4c(cc(C=CC)c1c24)-c1c-3c(C2=CCCC=C2)c2cc3c(cc2c1-c1ccccc1)C=CCC3. The smallest absolute Gasteiger partial charge is 0.000719 e. The van der Waals surface area contributed by atoms with E-state index in [-0.39, 0.29) is 0 Å². The summed E-state index contributed by atoms with van der Waals surface area (Å²) in [6.07, 6.45) is 20.7. The fourth-order valence-electron chi connectivity index (χ4n) is 8.04. The molecule has 0 bridgehead atoms. The summed E-state index contributed by atoms with van der Waals surface area (Å²) in [5.74, 6) is 0. The molecule has 0 heteroatoms. The van der Waals surface area contributed by atoms with Crippen molar-refractivity contribution in [2.45, 2.75) is 32.6 Å². The van der Waals surface area contributed by atoms with E-state index in [2.05, 4.69) is 129 Å². The van der Waals surface area contributed by atoms with Gasteiger partial charge in [-0.15, -0.1) is 0 Å². The monoisotopic (exact) mass is 548 g/mol. The van der Waals surface area contributed by atoms with Gasteiger partial charge in [-0.05, 0) is 150 Å². The van der Waals surface area contributed by atoms with Crippen molar-refractivity contribution in [3.63, 3.8) is 0 Å². The Kier molecular flexibility index (Phi) is 5.32. The maximum atomic E-state index is 4.51. The third-order valence-corrected chi connectivity index (χ3v) is 9.81. The van der Waals surface area contributed by atoms with E-state index < -0.39 is 0 Å². The molecule has 3 aliphatic rings. The molecule has 0 spiro atoms. The molecule has 0 N–H and O–H groups in total. The first-order valence-corrected chi connectivity index (χ1v) is 15.6. The Morgan fingerprint density at radius 1 is 0.674 bits per heavy atom. The highest BCUT2D eigenvalue weighted by atomic mass is 14.3. The van der Waals surface area contributed by atoms with Crippen LogP contribution in [0.5, 0.6) is 0 Å². The highest BCUT2D eigenvalue weighted by molar-refractivity contribution is 6.31. The molecule has 3 aliphatic carbocycles. The third kappa shape index (κ3) is 3.44. The first kappa shape index (κ1) is 24.6. The molecule has 204 valence electrons. The Hall–Kier alpha value is -4.94. The van der Waals surface area contributed by atoms with Crippen molar-refractivity contribution in [3.05, 3.63) is 131 Å². The fraction of sp³-hybridized carbons (Fsp3) is 0.116. The van der Waals surface area contributed by atoms with Crippen LogP contribution < -0.4 is 5.22 Å². The molecule has 0 unspecified atom stereocenters. The molecule has 0 radical (unpaired) electrons. The number of fused-ring (bicyclic) bond motifs is 5. The molecule has 9 rings (SSSR count). The minimum Gasteiger partial charge on any atom is -0.0911 e. The van der Waals surface area contributed by atoms with Gasteiger partial charge in [0.15, 0.2) is 0 Å². The predicted molar refractivity (Wildman–Crippen MR) is 188 cm³/mol. The van der Waals surface area contributed by atoms with Gasteiger partial charge < -0.3 is 0 Å². The molecule has 0 heterocycles. The Balaban J connectivity index is 1.57. The van der Waals surface area contributed by atoms with Crippen LogP contribution in [0.1, 0.15) is 48.4 Å². The molecule has 6 aromatic carbocycles. The zero-order valence-corrected chi connectivity index (χ0v) is 24.5. The van der Waals surface area contributed by atoms with Crippen molar-refractivity contribution in [1.82, 2.24) is 0 Å². The van der Waals surface area contributed by atoms with Crippen LogP contribution >= 0.6 is 0 Å². The molecular formula is C43H32. The lowest BCUT2D eigenvalue weighted by atomic mass is 9.79. The Morgan fingerprint density at radius 2 is 1.49 bits per heavy atom. The van der Waals surface area contributed by atoms with Crippen LogP contribution in [0.15, 0.2) is 103 Å². The van der Waals surface area contributed by atoms with E-state index >= 15 is 0 Å². The summed E-state index contributed by atoms with van der Waals surface area (Å²) in [7, 11) is 0. The van der Waals surface area contributed by atoms with Gasteiger partial charge >= 0.3 is 0 Å². The van der Waals surface area contributed by atoms with E-state index in [1.165, 1.54) is 93.5 Å². The number of rotatable bonds is 3. The highest BCUT2D eigenvalue weighted by Gasteiger charge is 2.32. The summed E-state index contributed by atoms with van der Waals surface area (Å²) in [6.45, 7) is 6.62. The topological polar surface area (TPSA) is 0 Å². The molecule has 43 heavy (non-hydrogen) atoms. The molecule has 0 aromatic heterocycles. The lowest BCUT2D eigenvalue weighted by molar-refractivity contribution is 0.989. The summed E-state index contributed by atoms with van der Waals surface area (Å²) >= 11 is 0. The van der Waals surface area contributed by atoms with Gasteiger partial charge in [0, 0.05) is 0 Å². The van der Waals surface area contributed by atoms with E-state index in [0.717, 1.165) is 30.9 Å². The number of aryl methyl sites for hydroxylation is 1. The molecule has 0 saturated carbocycles. The molecule has 0 fully saturated rings. The second-order valence-corrected chi connectivity index (χ2v) is 12.2. The average molecular weight is 549 g/mol. The Morgan fingerprint density at radius 3 is 2.33 bits per heavy atom. The lowest BCUT2D eigenvalue weighted by Gasteiger charge is -2.23. The largest absolute Gasteiger partial charge is 0.0911 e. The van der Waals surface area contributed by atoms with Crippen molar-refractivity contribution in [3.8, 4) is 33.4 Å². The van der Waals surface area contributed by atoms with Gasteiger partial charge in [0.1, 0.15) is 0 Å². The van der Waals surface area contributed by atoms with Crippen molar-refractivity contribution >= 4 is 56.6 Å². The minimum atomic E-state index is 1.08. The number of allylic oxidation sites excluding steroid dienone is 6. The predicted octanol–water partition coefficient (Wildman–Crippen LogP) is 11.3. The van der Waals surface area contributed by atoms with Crippen molar-refractivity contribution in [1.29, 1.82) is 0 Å². The fourth-order valence-corrected chi connectivity index (χ4v) is 8.04. The summed E-state index contributed by atoms with van der Waals surface area (Å²) in [5.41, 5.74) is 14.9. The normalized spacial score (nSPS) is 15.1. The van der Waals surface area contributed by atoms with Crippen LogP contribution in [0.2, 0.25) is 0 Å². The van der Waals surface area contributed by atoms with Gasteiger partial charge in [-0.2, -0.15) is 0 Å². The second-order valence-electron chi connectivity index (χ2n) is 12.2. The van der Waals surface area contributed by atoms with E-state index in [0.29, 0.717) is 0 Å².